The lowest BCUT2D eigenvalue weighted by atomic mass is 10.1. The van der Waals surface area contributed by atoms with E-state index in [1.54, 1.807) is 54.7 Å². The van der Waals surface area contributed by atoms with Gasteiger partial charge in [-0.3, -0.25) is 9.36 Å². The minimum absolute atomic E-state index is 0.285. The van der Waals surface area contributed by atoms with Gasteiger partial charge in [0.1, 0.15) is 35.2 Å². The largest absolute Gasteiger partial charge is 0.497 e. The van der Waals surface area contributed by atoms with Gasteiger partial charge in [-0.2, -0.15) is 0 Å². The molecule has 1 N–H and O–H groups in total. The summed E-state index contributed by atoms with van der Waals surface area (Å²) in [5, 5.41) is 2.84. The predicted octanol–water partition coefficient (Wildman–Crippen LogP) is 4.03. The molecule has 2 heterocycles. The molecule has 32 heavy (non-hydrogen) atoms. The lowest BCUT2D eigenvalue weighted by molar-refractivity contribution is 0.102. The van der Waals surface area contributed by atoms with E-state index in [1.165, 1.54) is 20.5 Å². The zero-order valence-corrected chi connectivity index (χ0v) is 17.8. The molecule has 0 atom stereocenters. The van der Waals surface area contributed by atoms with Crippen molar-refractivity contribution in [3.63, 3.8) is 0 Å². The van der Waals surface area contributed by atoms with E-state index in [-0.39, 0.29) is 5.91 Å². The van der Waals surface area contributed by atoms with E-state index >= 15 is 0 Å². The number of anilines is 1. The molecule has 2 aromatic heterocycles. The lowest BCUT2D eigenvalue weighted by Gasteiger charge is -2.10. The van der Waals surface area contributed by atoms with E-state index < -0.39 is 0 Å². The molecule has 0 saturated carbocycles. The Morgan fingerprint density at radius 3 is 2.25 bits per heavy atom. The van der Waals surface area contributed by atoms with Crippen molar-refractivity contribution in [2.45, 2.75) is 6.92 Å². The number of hydrogen-bond acceptors (Lipinski definition) is 7. The Morgan fingerprint density at radius 1 is 0.906 bits per heavy atom. The number of nitrogens with one attached hydrogen (secondary N) is 1. The minimum atomic E-state index is -0.285. The Labute approximate surface area is 184 Å². The second-order valence-electron chi connectivity index (χ2n) is 6.74. The van der Waals surface area contributed by atoms with Crippen LogP contribution >= 0.6 is 0 Å². The Kier molecular flexibility index (Phi) is 5.98. The van der Waals surface area contributed by atoms with Gasteiger partial charge < -0.3 is 19.5 Å². The highest BCUT2D eigenvalue weighted by atomic mass is 16.5. The molecule has 4 rings (SSSR count). The minimum Gasteiger partial charge on any atom is -0.497 e. The molecule has 162 valence electrons. The first-order valence-electron chi connectivity index (χ1n) is 9.70. The molecule has 0 radical (unpaired) electrons. The molecule has 0 saturated heterocycles. The fourth-order valence-corrected chi connectivity index (χ4v) is 3.01. The maximum atomic E-state index is 12.6. The standard InChI is InChI=1S/C23H21N5O4/c1-15-24-8-9-28(15)21-13-22(26-14-25-21)32-18-6-4-17(5-7-18)27-23(29)16-10-19(30-2)12-20(11-16)31-3/h4-14H,1-3H3,(H,27,29). The number of hydrogen-bond donors (Lipinski definition) is 1. The molecule has 0 bridgehead atoms. The number of benzene rings is 2. The predicted molar refractivity (Wildman–Crippen MR) is 118 cm³/mol. The molecule has 0 aliphatic carbocycles. The van der Waals surface area contributed by atoms with Gasteiger partial charge in [-0.05, 0) is 43.3 Å². The normalized spacial score (nSPS) is 10.5. The van der Waals surface area contributed by atoms with Crippen molar-refractivity contribution < 1.29 is 19.0 Å². The average Bonchev–Trinajstić information content (AvgIpc) is 3.26. The fraction of sp³-hybridized carbons (Fsp3) is 0.130. The molecule has 0 aliphatic rings. The number of rotatable bonds is 7. The number of nitrogens with zero attached hydrogens (tertiary/aromatic N) is 4. The van der Waals surface area contributed by atoms with Gasteiger partial charge in [-0.15, -0.1) is 0 Å². The van der Waals surface area contributed by atoms with Crippen LogP contribution in [0.25, 0.3) is 5.82 Å². The Morgan fingerprint density at radius 2 is 1.62 bits per heavy atom. The highest BCUT2D eigenvalue weighted by Gasteiger charge is 2.11. The third-order valence-corrected chi connectivity index (χ3v) is 4.65. The SMILES string of the molecule is COc1cc(OC)cc(C(=O)Nc2ccc(Oc3cc(-n4ccnc4C)ncn3)cc2)c1. The summed E-state index contributed by atoms with van der Waals surface area (Å²) in [4.78, 5) is 25.2. The van der Waals surface area contributed by atoms with Crippen LogP contribution in [-0.2, 0) is 0 Å². The molecule has 0 fully saturated rings. The van der Waals surface area contributed by atoms with Gasteiger partial charge in [0, 0.05) is 35.8 Å². The van der Waals surface area contributed by atoms with Gasteiger partial charge in [0.15, 0.2) is 0 Å². The quantitative estimate of drug-likeness (QED) is 0.471. The molecule has 1 amide bonds. The number of amides is 1. The number of ether oxygens (including phenoxy) is 3. The third-order valence-electron chi connectivity index (χ3n) is 4.65. The molecule has 0 unspecified atom stereocenters. The second-order valence-corrected chi connectivity index (χ2v) is 6.74. The van der Waals surface area contributed by atoms with Crippen molar-refractivity contribution >= 4 is 11.6 Å². The van der Waals surface area contributed by atoms with E-state index in [9.17, 15) is 4.79 Å². The van der Waals surface area contributed by atoms with Crippen LogP contribution in [0.5, 0.6) is 23.1 Å². The molecular formula is C23H21N5O4. The van der Waals surface area contributed by atoms with Gasteiger partial charge in [-0.25, -0.2) is 15.0 Å². The maximum absolute atomic E-state index is 12.6. The van der Waals surface area contributed by atoms with Crippen LogP contribution in [0, 0.1) is 6.92 Å². The van der Waals surface area contributed by atoms with Crippen molar-refractivity contribution in [3.8, 4) is 28.9 Å². The number of carbonyl (C=O) groups is 1. The van der Waals surface area contributed by atoms with Crippen LogP contribution in [0.2, 0.25) is 0 Å². The molecular weight excluding hydrogens is 410 g/mol. The molecule has 0 aliphatic heterocycles. The van der Waals surface area contributed by atoms with Crippen LogP contribution in [0.3, 0.4) is 0 Å². The number of aryl methyl sites for hydroxylation is 1. The first kappa shape index (κ1) is 20.9. The Balaban J connectivity index is 1.45. The van der Waals surface area contributed by atoms with Gasteiger partial charge in [0.25, 0.3) is 5.91 Å². The van der Waals surface area contributed by atoms with Gasteiger partial charge >= 0.3 is 0 Å². The van der Waals surface area contributed by atoms with E-state index in [0.717, 1.165) is 5.82 Å². The summed E-state index contributed by atoms with van der Waals surface area (Å²) in [6.07, 6.45) is 4.95. The first-order valence-corrected chi connectivity index (χ1v) is 9.70. The van der Waals surface area contributed by atoms with Crippen molar-refractivity contribution in [2.75, 3.05) is 19.5 Å². The van der Waals surface area contributed by atoms with Crippen LogP contribution < -0.4 is 19.5 Å². The third kappa shape index (κ3) is 4.67. The van der Waals surface area contributed by atoms with Crippen molar-refractivity contribution in [1.29, 1.82) is 0 Å². The van der Waals surface area contributed by atoms with Crippen LogP contribution in [-0.4, -0.2) is 39.6 Å². The number of imidazole rings is 1. The van der Waals surface area contributed by atoms with E-state index in [2.05, 4.69) is 20.3 Å². The molecule has 0 spiro atoms. The van der Waals surface area contributed by atoms with Crippen LogP contribution in [0.15, 0.2) is 67.3 Å². The van der Waals surface area contributed by atoms with Crippen LogP contribution in [0.1, 0.15) is 16.2 Å². The van der Waals surface area contributed by atoms with E-state index in [4.69, 9.17) is 14.2 Å². The molecule has 4 aromatic rings. The van der Waals surface area contributed by atoms with Gasteiger partial charge in [-0.1, -0.05) is 0 Å². The zero-order valence-electron chi connectivity index (χ0n) is 17.8. The van der Waals surface area contributed by atoms with Gasteiger partial charge in [0.2, 0.25) is 5.88 Å². The van der Waals surface area contributed by atoms with Gasteiger partial charge in [0.05, 0.1) is 14.2 Å². The lowest BCUT2D eigenvalue weighted by Crippen LogP contribution is -2.12. The van der Waals surface area contributed by atoms with E-state index in [0.29, 0.717) is 40.2 Å². The molecule has 2 aromatic carbocycles. The van der Waals surface area contributed by atoms with Crippen molar-refractivity contribution in [3.05, 3.63) is 78.6 Å². The summed E-state index contributed by atoms with van der Waals surface area (Å²) in [5.41, 5.74) is 1.03. The smallest absolute Gasteiger partial charge is 0.255 e. The first-order chi connectivity index (χ1) is 15.6. The number of aromatic nitrogens is 4. The average molecular weight is 431 g/mol. The molecule has 9 nitrogen and oxygen atoms in total. The number of carbonyl (C=O) groups excluding carboxylic acids is 1. The summed E-state index contributed by atoms with van der Waals surface area (Å²) in [6, 6.07) is 13.7. The van der Waals surface area contributed by atoms with Crippen LogP contribution in [0.4, 0.5) is 5.69 Å². The van der Waals surface area contributed by atoms with Crippen molar-refractivity contribution in [2.24, 2.45) is 0 Å². The second kappa shape index (κ2) is 9.17. The number of methoxy groups -OCH3 is 2. The topological polar surface area (TPSA) is 100 Å². The highest BCUT2D eigenvalue weighted by molar-refractivity contribution is 6.04. The monoisotopic (exact) mass is 431 g/mol. The van der Waals surface area contributed by atoms with E-state index in [1.807, 2.05) is 17.7 Å². The fourth-order valence-electron chi connectivity index (χ4n) is 3.01. The molecule has 9 heteroatoms. The summed E-state index contributed by atoms with van der Waals surface area (Å²) in [5.74, 6) is 3.21. The Hall–Kier alpha value is -4.40. The summed E-state index contributed by atoms with van der Waals surface area (Å²) >= 11 is 0. The maximum Gasteiger partial charge on any atom is 0.255 e. The van der Waals surface area contributed by atoms with Crippen molar-refractivity contribution in [1.82, 2.24) is 19.5 Å². The Bertz CT molecular complexity index is 1220. The summed E-state index contributed by atoms with van der Waals surface area (Å²) < 4.78 is 18.1. The summed E-state index contributed by atoms with van der Waals surface area (Å²) in [6.45, 7) is 1.89. The highest BCUT2D eigenvalue weighted by Crippen LogP contribution is 2.25. The zero-order chi connectivity index (χ0) is 22.5. The summed E-state index contributed by atoms with van der Waals surface area (Å²) in [7, 11) is 3.07.